The molecule has 3 rings (SSSR count). The van der Waals surface area contributed by atoms with Crippen molar-refractivity contribution in [1.29, 1.82) is 0 Å². The number of hydrogen-bond donors (Lipinski definition) is 1. The second-order valence-corrected chi connectivity index (χ2v) is 5.00. The Morgan fingerprint density at radius 1 is 1.29 bits per heavy atom. The number of rotatable bonds is 5. The van der Waals surface area contributed by atoms with Gasteiger partial charge in [-0.1, -0.05) is 11.6 Å². The zero-order valence-electron chi connectivity index (χ0n) is 11.6. The lowest BCUT2D eigenvalue weighted by atomic mass is 10.2. The molecular formula is C14H15ClN6. The average molecular weight is 303 g/mol. The van der Waals surface area contributed by atoms with Crippen LogP contribution in [0.15, 0.2) is 43.2 Å². The van der Waals surface area contributed by atoms with Gasteiger partial charge in [-0.25, -0.2) is 9.67 Å². The van der Waals surface area contributed by atoms with Crippen molar-refractivity contribution in [1.82, 2.24) is 24.5 Å². The van der Waals surface area contributed by atoms with E-state index in [1.54, 1.807) is 11.0 Å². The molecule has 0 radical (unpaired) electrons. The Morgan fingerprint density at radius 3 is 2.90 bits per heavy atom. The predicted molar refractivity (Wildman–Crippen MR) is 81.6 cm³/mol. The smallest absolute Gasteiger partial charge is 0.138 e. The van der Waals surface area contributed by atoms with Crippen LogP contribution in [0.4, 0.5) is 5.69 Å². The first-order valence-corrected chi connectivity index (χ1v) is 7.04. The molecule has 7 heteroatoms. The first-order valence-electron chi connectivity index (χ1n) is 6.66. The Balaban J connectivity index is 1.82. The molecule has 0 saturated carbocycles. The third-order valence-corrected chi connectivity index (χ3v) is 3.35. The van der Waals surface area contributed by atoms with E-state index in [1.807, 2.05) is 35.3 Å². The van der Waals surface area contributed by atoms with Gasteiger partial charge >= 0.3 is 0 Å². The Labute approximate surface area is 127 Å². The molecule has 6 nitrogen and oxygen atoms in total. The number of aryl methyl sites for hydroxylation is 1. The highest BCUT2D eigenvalue weighted by atomic mass is 35.5. The Morgan fingerprint density at radius 2 is 2.19 bits per heavy atom. The van der Waals surface area contributed by atoms with E-state index in [0.29, 0.717) is 11.6 Å². The zero-order valence-corrected chi connectivity index (χ0v) is 12.3. The number of nitrogens with zero attached hydrogens (tertiary/aromatic N) is 5. The van der Waals surface area contributed by atoms with Gasteiger partial charge in [0.05, 0.1) is 17.6 Å². The lowest BCUT2D eigenvalue weighted by Crippen LogP contribution is -2.04. The van der Waals surface area contributed by atoms with E-state index in [9.17, 15) is 0 Å². The van der Waals surface area contributed by atoms with Crippen molar-refractivity contribution < 1.29 is 0 Å². The molecule has 0 unspecified atom stereocenters. The highest BCUT2D eigenvalue weighted by Gasteiger charge is 2.07. The van der Waals surface area contributed by atoms with Crippen molar-refractivity contribution in [2.45, 2.75) is 20.0 Å². The Hall–Kier alpha value is -2.34. The van der Waals surface area contributed by atoms with Gasteiger partial charge in [-0.2, -0.15) is 10.2 Å². The number of aromatic nitrogens is 5. The van der Waals surface area contributed by atoms with E-state index in [1.165, 1.54) is 6.33 Å². The van der Waals surface area contributed by atoms with Gasteiger partial charge in [0.1, 0.15) is 12.7 Å². The monoisotopic (exact) mass is 302 g/mol. The number of benzene rings is 1. The molecular weight excluding hydrogens is 288 g/mol. The quantitative estimate of drug-likeness (QED) is 0.787. The third-order valence-electron chi connectivity index (χ3n) is 3.12. The summed E-state index contributed by atoms with van der Waals surface area (Å²) in [5.41, 5.74) is 2.92. The molecule has 0 aliphatic rings. The average Bonchev–Trinajstić information content (AvgIpc) is 3.16. The standard InChI is InChI=1S/C14H15ClN6/c1-2-20-8-11(7-18-20)6-17-13-5-12(15)3-4-14(13)21-10-16-9-19-21/h3-5,7-10,17H,2,6H2,1H3. The summed E-state index contributed by atoms with van der Waals surface area (Å²) in [7, 11) is 0. The first kappa shape index (κ1) is 13.6. The largest absolute Gasteiger partial charge is 0.379 e. The number of hydrogen-bond acceptors (Lipinski definition) is 4. The summed E-state index contributed by atoms with van der Waals surface area (Å²) in [6.07, 6.45) is 7.04. The van der Waals surface area contributed by atoms with Gasteiger partial charge in [0.15, 0.2) is 0 Å². The minimum Gasteiger partial charge on any atom is -0.379 e. The maximum atomic E-state index is 6.08. The van der Waals surface area contributed by atoms with Gasteiger partial charge in [0.25, 0.3) is 0 Å². The molecule has 2 heterocycles. The van der Waals surface area contributed by atoms with Crippen molar-refractivity contribution in [2.75, 3.05) is 5.32 Å². The van der Waals surface area contributed by atoms with E-state index in [0.717, 1.165) is 23.5 Å². The zero-order chi connectivity index (χ0) is 14.7. The molecule has 0 amide bonds. The van der Waals surface area contributed by atoms with Crippen LogP contribution in [0.2, 0.25) is 5.02 Å². The molecule has 2 aromatic heterocycles. The maximum absolute atomic E-state index is 6.08. The highest BCUT2D eigenvalue weighted by Crippen LogP contribution is 2.24. The summed E-state index contributed by atoms with van der Waals surface area (Å²) < 4.78 is 3.60. The third kappa shape index (κ3) is 3.05. The van der Waals surface area contributed by atoms with Gasteiger partial charge in [-0.3, -0.25) is 4.68 Å². The van der Waals surface area contributed by atoms with Crippen LogP contribution < -0.4 is 5.32 Å². The Bertz CT molecular complexity index is 719. The van der Waals surface area contributed by atoms with E-state index in [2.05, 4.69) is 27.4 Å². The van der Waals surface area contributed by atoms with Crippen LogP contribution in [0.1, 0.15) is 12.5 Å². The molecule has 108 valence electrons. The summed E-state index contributed by atoms with van der Waals surface area (Å²) >= 11 is 6.08. The highest BCUT2D eigenvalue weighted by molar-refractivity contribution is 6.31. The number of nitrogens with one attached hydrogen (secondary N) is 1. The summed E-state index contributed by atoms with van der Waals surface area (Å²) in [4.78, 5) is 3.97. The number of anilines is 1. The van der Waals surface area contributed by atoms with Gasteiger partial charge in [0.2, 0.25) is 0 Å². The molecule has 0 saturated heterocycles. The summed E-state index contributed by atoms with van der Waals surface area (Å²) in [5, 5.41) is 12.5. The van der Waals surface area contributed by atoms with Gasteiger partial charge in [-0.05, 0) is 25.1 Å². The van der Waals surface area contributed by atoms with Crippen LogP contribution in [-0.2, 0) is 13.1 Å². The lowest BCUT2D eigenvalue weighted by molar-refractivity contribution is 0.659. The summed E-state index contributed by atoms with van der Waals surface area (Å²) in [6.45, 7) is 3.59. The van der Waals surface area contributed by atoms with Gasteiger partial charge in [0, 0.05) is 29.9 Å². The molecule has 0 aliphatic heterocycles. The summed E-state index contributed by atoms with van der Waals surface area (Å²) in [6, 6.07) is 5.62. The van der Waals surface area contributed by atoms with Crippen LogP contribution in [0.5, 0.6) is 0 Å². The SMILES string of the molecule is CCn1cc(CNc2cc(Cl)ccc2-n2cncn2)cn1. The fourth-order valence-corrected chi connectivity index (χ4v) is 2.22. The summed E-state index contributed by atoms with van der Waals surface area (Å²) in [5.74, 6) is 0. The normalized spacial score (nSPS) is 10.8. The molecule has 1 N–H and O–H groups in total. The van der Waals surface area contributed by atoms with Crippen molar-refractivity contribution in [3.05, 3.63) is 53.8 Å². The van der Waals surface area contributed by atoms with Crippen molar-refractivity contribution in [3.8, 4) is 5.69 Å². The Kier molecular flexibility index (Phi) is 3.87. The van der Waals surface area contributed by atoms with E-state index < -0.39 is 0 Å². The maximum Gasteiger partial charge on any atom is 0.138 e. The van der Waals surface area contributed by atoms with Crippen molar-refractivity contribution >= 4 is 17.3 Å². The minimum atomic E-state index is 0.669. The first-order chi connectivity index (χ1) is 10.3. The van der Waals surface area contributed by atoms with E-state index >= 15 is 0 Å². The fraction of sp³-hybridized carbons (Fsp3) is 0.214. The second kappa shape index (κ2) is 5.97. The van der Waals surface area contributed by atoms with Crippen LogP contribution >= 0.6 is 11.6 Å². The van der Waals surface area contributed by atoms with Gasteiger partial charge in [-0.15, -0.1) is 0 Å². The molecule has 0 aliphatic carbocycles. The van der Waals surface area contributed by atoms with Crippen molar-refractivity contribution in [3.63, 3.8) is 0 Å². The van der Waals surface area contributed by atoms with Crippen molar-refractivity contribution in [2.24, 2.45) is 0 Å². The molecule has 21 heavy (non-hydrogen) atoms. The molecule has 1 aromatic carbocycles. The molecule has 0 fully saturated rings. The van der Waals surface area contributed by atoms with Crippen LogP contribution in [-0.4, -0.2) is 24.5 Å². The van der Waals surface area contributed by atoms with Gasteiger partial charge < -0.3 is 5.32 Å². The molecule has 3 aromatic rings. The molecule has 0 spiro atoms. The van der Waals surface area contributed by atoms with Crippen LogP contribution in [0.3, 0.4) is 0 Å². The fourth-order valence-electron chi connectivity index (χ4n) is 2.05. The number of halogens is 1. The van der Waals surface area contributed by atoms with Crippen LogP contribution in [0, 0.1) is 0 Å². The topological polar surface area (TPSA) is 60.6 Å². The van der Waals surface area contributed by atoms with E-state index in [4.69, 9.17) is 11.6 Å². The predicted octanol–water partition coefficient (Wildman–Crippen LogP) is 2.75. The van der Waals surface area contributed by atoms with E-state index in [-0.39, 0.29) is 0 Å². The second-order valence-electron chi connectivity index (χ2n) is 4.56. The van der Waals surface area contributed by atoms with Crippen LogP contribution in [0.25, 0.3) is 5.69 Å². The molecule has 0 atom stereocenters. The lowest BCUT2D eigenvalue weighted by Gasteiger charge is -2.11. The molecule has 0 bridgehead atoms. The minimum absolute atomic E-state index is 0.669.